The van der Waals surface area contributed by atoms with Gasteiger partial charge in [-0.25, -0.2) is 0 Å². The highest BCUT2D eigenvalue weighted by Crippen LogP contribution is 2.22. The zero-order chi connectivity index (χ0) is 20.6. The van der Waals surface area contributed by atoms with Gasteiger partial charge in [-0.1, -0.05) is 74.1 Å². The summed E-state index contributed by atoms with van der Waals surface area (Å²) in [6.07, 6.45) is 1.79. The lowest BCUT2D eigenvalue weighted by Crippen LogP contribution is -2.09. The van der Waals surface area contributed by atoms with Gasteiger partial charge < -0.3 is 4.74 Å². The van der Waals surface area contributed by atoms with Crippen LogP contribution in [0.1, 0.15) is 41.5 Å². The first kappa shape index (κ1) is 20.9. The zero-order valence-electron chi connectivity index (χ0n) is 16.7. The van der Waals surface area contributed by atoms with Crippen molar-refractivity contribution in [1.82, 2.24) is 14.8 Å². The molecule has 0 radical (unpaired) electrons. The lowest BCUT2D eigenvalue weighted by atomic mass is 10.0. The fourth-order valence-corrected chi connectivity index (χ4v) is 3.64. The second-order valence-electron chi connectivity index (χ2n) is 6.89. The van der Waals surface area contributed by atoms with E-state index in [4.69, 9.17) is 4.74 Å². The van der Waals surface area contributed by atoms with Gasteiger partial charge >= 0.3 is 0 Å². The maximum Gasteiger partial charge on any atom is 0.192 e. The minimum absolute atomic E-state index is 0.0618. The van der Waals surface area contributed by atoms with Crippen LogP contribution in [-0.2, 0) is 13.2 Å². The maximum absolute atomic E-state index is 12.4. The molecule has 0 N–H and O–H groups in total. The highest BCUT2D eigenvalue weighted by atomic mass is 32.2. The van der Waals surface area contributed by atoms with Gasteiger partial charge in [-0.3, -0.25) is 9.36 Å². The Morgan fingerprint density at radius 3 is 2.52 bits per heavy atom. The molecule has 5 nitrogen and oxygen atoms in total. The van der Waals surface area contributed by atoms with Gasteiger partial charge in [0.15, 0.2) is 16.8 Å². The van der Waals surface area contributed by atoms with E-state index in [1.54, 1.807) is 6.08 Å². The Labute approximate surface area is 175 Å². The van der Waals surface area contributed by atoms with E-state index >= 15 is 0 Å². The topological polar surface area (TPSA) is 57.0 Å². The number of rotatable bonds is 10. The number of Topliss-reactive ketones (excluding diaryl/α,β-unsaturated/α-hetero) is 1. The molecule has 0 amide bonds. The maximum atomic E-state index is 12.4. The number of thioether (sulfide) groups is 1. The number of hydrogen-bond acceptors (Lipinski definition) is 5. The Balaban J connectivity index is 1.64. The Morgan fingerprint density at radius 1 is 1.14 bits per heavy atom. The SMILES string of the molecule is C=CCn1c(COc2ccc(C(C)C)cc2)nnc1SCC(=O)c1ccccc1. The molecule has 0 fully saturated rings. The van der Waals surface area contributed by atoms with Crippen LogP contribution in [0.25, 0.3) is 0 Å². The zero-order valence-corrected chi connectivity index (χ0v) is 17.6. The highest BCUT2D eigenvalue weighted by Gasteiger charge is 2.15. The van der Waals surface area contributed by atoms with E-state index in [1.807, 2.05) is 47.0 Å². The smallest absolute Gasteiger partial charge is 0.192 e. The molecule has 0 saturated carbocycles. The third-order valence-electron chi connectivity index (χ3n) is 4.45. The molecule has 29 heavy (non-hydrogen) atoms. The number of carbonyl (C=O) groups is 1. The van der Waals surface area contributed by atoms with E-state index in [0.717, 1.165) is 5.75 Å². The van der Waals surface area contributed by atoms with Crippen molar-refractivity contribution in [1.29, 1.82) is 0 Å². The monoisotopic (exact) mass is 407 g/mol. The molecule has 0 saturated heterocycles. The minimum Gasteiger partial charge on any atom is -0.486 e. The molecule has 0 aliphatic carbocycles. The Kier molecular flexibility index (Phi) is 7.25. The molecule has 0 atom stereocenters. The van der Waals surface area contributed by atoms with Gasteiger partial charge in [-0.2, -0.15) is 0 Å². The van der Waals surface area contributed by atoms with Crippen LogP contribution < -0.4 is 4.74 Å². The molecule has 2 aromatic carbocycles. The Hall–Kier alpha value is -2.86. The summed E-state index contributed by atoms with van der Waals surface area (Å²) in [6, 6.07) is 17.4. The Bertz CT molecular complexity index is 950. The number of carbonyl (C=O) groups excluding carboxylic acids is 1. The number of ketones is 1. The van der Waals surface area contributed by atoms with E-state index in [0.29, 0.717) is 41.4 Å². The molecule has 3 aromatic rings. The van der Waals surface area contributed by atoms with Crippen LogP contribution in [0.3, 0.4) is 0 Å². The summed E-state index contributed by atoms with van der Waals surface area (Å²) < 4.78 is 7.82. The largest absolute Gasteiger partial charge is 0.486 e. The first-order valence-electron chi connectivity index (χ1n) is 9.55. The van der Waals surface area contributed by atoms with Crippen molar-refractivity contribution in [3.8, 4) is 5.75 Å². The lowest BCUT2D eigenvalue weighted by Gasteiger charge is -2.10. The summed E-state index contributed by atoms with van der Waals surface area (Å²) in [4.78, 5) is 12.4. The normalized spacial score (nSPS) is 10.9. The fourth-order valence-electron chi connectivity index (χ4n) is 2.78. The van der Waals surface area contributed by atoms with Crippen molar-refractivity contribution in [3.63, 3.8) is 0 Å². The summed E-state index contributed by atoms with van der Waals surface area (Å²) >= 11 is 1.37. The molecule has 150 valence electrons. The molecule has 0 unspecified atom stereocenters. The average molecular weight is 408 g/mol. The van der Waals surface area contributed by atoms with Crippen LogP contribution in [0.2, 0.25) is 0 Å². The summed E-state index contributed by atoms with van der Waals surface area (Å²) in [5.41, 5.74) is 1.97. The van der Waals surface area contributed by atoms with Gasteiger partial charge in [0, 0.05) is 12.1 Å². The molecular formula is C23H25N3O2S. The summed E-state index contributed by atoms with van der Waals surface area (Å²) in [7, 11) is 0. The lowest BCUT2D eigenvalue weighted by molar-refractivity contribution is 0.102. The minimum atomic E-state index is 0.0618. The first-order valence-corrected chi connectivity index (χ1v) is 10.5. The van der Waals surface area contributed by atoms with E-state index in [2.05, 4.69) is 42.8 Å². The predicted octanol–water partition coefficient (Wildman–Crippen LogP) is 5.14. The molecular weight excluding hydrogens is 382 g/mol. The van der Waals surface area contributed by atoms with Crippen molar-refractivity contribution >= 4 is 17.5 Å². The molecule has 0 aliphatic rings. The highest BCUT2D eigenvalue weighted by molar-refractivity contribution is 7.99. The van der Waals surface area contributed by atoms with Crippen LogP contribution in [0.4, 0.5) is 0 Å². The molecule has 0 bridgehead atoms. The van der Waals surface area contributed by atoms with Gasteiger partial charge in [0.1, 0.15) is 12.4 Å². The Morgan fingerprint density at radius 2 is 1.86 bits per heavy atom. The summed E-state index contributed by atoms with van der Waals surface area (Å²) in [6.45, 7) is 8.99. The van der Waals surface area contributed by atoms with Crippen LogP contribution in [-0.4, -0.2) is 26.3 Å². The number of aromatic nitrogens is 3. The van der Waals surface area contributed by atoms with Crippen LogP contribution in [0.5, 0.6) is 5.75 Å². The number of ether oxygens (including phenoxy) is 1. The van der Waals surface area contributed by atoms with Gasteiger partial charge in [0.05, 0.1) is 5.75 Å². The molecule has 1 aromatic heterocycles. The van der Waals surface area contributed by atoms with Crippen molar-refractivity contribution in [2.45, 2.75) is 38.1 Å². The second-order valence-corrected chi connectivity index (χ2v) is 7.83. The van der Waals surface area contributed by atoms with E-state index in [1.165, 1.54) is 17.3 Å². The number of allylic oxidation sites excluding steroid dienone is 1. The third kappa shape index (κ3) is 5.57. The fraction of sp³-hybridized carbons (Fsp3) is 0.261. The van der Waals surface area contributed by atoms with Crippen LogP contribution in [0.15, 0.2) is 72.4 Å². The standard InChI is InChI=1S/C23H25N3O2S/c1-4-14-26-22(15-28-20-12-10-18(11-13-20)17(2)3)24-25-23(26)29-16-21(27)19-8-6-5-7-9-19/h4-13,17H,1,14-16H2,2-3H3. The van der Waals surface area contributed by atoms with Crippen molar-refractivity contribution in [3.05, 3.63) is 84.2 Å². The molecule has 0 aliphatic heterocycles. The van der Waals surface area contributed by atoms with E-state index < -0.39 is 0 Å². The second kappa shape index (κ2) is 10.1. The van der Waals surface area contributed by atoms with Gasteiger partial charge in [-0.15, -0.1) is 16.8 Å². The van der Waals surface area contributed by atoms with E-state index in [9.17, 15) is 4.79 Å². The number of hydrogen-bond donors (Lipinski definition) is 0. The molecule has 0 spiro atoms. The quantitative estimate of drug-likeness (QED) is 0.265. The van der Waals surface area contributed by atoms with Gasteiger partial charge in [-0.05, 0) is 23.6 Å². The predicted molar refractivity (Wildman–Crippen MR) is 117 cm³/mol. The van der Waals surface area contributed by atoms with Crippen molar-refractivity contribution in [2.24, 2.45) is 0 Å². The average Bonchev–Trinajstić information content (AvgIpc) is 3.13. The van der Waals surface area contributed by atoms with Gasteiger partial charge in [0.2, 0.25) is 0 Å². The number of benzene rings is 2. The van der Waals surface area contributed by atoms with Crippen molar-refractivity contribution in [2.75, 3.05) is 5.75 Å². The first-order chi connectivity index (χ1) is 14.1. The van der Waals surface area contributed by atoms with Crippen molar-refractivity contribution < 1.29 is 9.53 Å². The van der Waals surface area contributed by atoms with E-state index in [-0.39, 0.29) is 5.78 Å². The summed E-state index contributed by atoms with van der Waals surface area (Å²) in [5.74, 6) is 2.34. The van der Waals surface area contributed by atoms with Crippen LogP contribution >= 0.6 is 11.8 Å². The molecule has 3 rings (SSSR count). The molecule has 1 heterocycles. The summed E-state index contributed by atoms with van der Waals surface area (Å²) in [5, 5.41) is 9.18. The number of nitrogens with zero attached hydrogens (tertiary/aromatic N) is 3. The van der Waals surface area contributed by atoms with Gasteiger partial charge in [0.25, 0.3) is 0 Å². The molecule has 6 heteroatoms. The third-order valence-corrected chi connectivity index (χ3v) is 5.41. The van der Waals surface area contributed by atoms with Crippen LogP contribution in [0, 0.1) is 0 Å².